The smallest absolute Gasteiger partial charge is 0.228 e. The zero-order valence-corrected chi connectivity index (χ0v) is 24.4. The van der Waals surface area contributed by atoms with Crippen molar-refractivity contribution in [3.8, 4) is 0 Å². The molecule has 0 bridgehead atoms. The molecular formula is C30H48ClO2P. The highest BCUT2D eigenvalue weighted by Crippen LogP contribution is 2.77. The molecular weight excluding hydrogens is 459 g/mol. The molecule has 4 heteroatoms. The minimum atomic E-state index is -0.310. The molecule has 0 aromatic carbocycles. The SMILES string of the molecule is C=C(C)C1CCC2(C(=O)Cl)CCC3(C)C(CCC4C5(C)CCC(OP)C(C)(C)C5CCC43C)C12. The molecule has 0 heterocycles. The third-order valence-electron chi connectivity index (χ3n) is 13.6. The zero-order chi connectivity index (χ0) is 24.9. The van der Waals surface area contributed by atoms with Crippen molar-refractivity contribution in [1.82, 2.24) is 0 Å². The van der Waals surface area contributed by atoms with E-state index in [4.69, 9.17) is 16.1 Å². The molecule has 192 valence electrons. The molecule has 5 aliphatic carbocycles. The van der Waals surface area contributed by atoms with Crippen LogP contribution in [0.4, 0.5) is 0 Å². The normalized spacial score (nSPS) is 53.8. The Balaban J connectivity index is 1.55. The molecule has 34 heavy (non-hydrogen) atoms. The molecule has 0 spiro atoms. The quantitative estimate of drug-likeness (QED) is 0.217. The summed E-state index contributed by atoms with van der Waals surface area (Å²) < 4.78 is 5.95. The predicted octanol–water partition coefficient (Wildman–Crippen LogP) is 8.58. The van der Waals surface area contributed by atoms with E-state index in [-0.39, 0.29) is 21.5 Å². The second kappa shape index (κ2) is 8.04. The number of hydrogen-bond acceptors (Lipinski definition) is 2. The summed E-state index contributed by atoms with van der Waals surface area (Å²) in [6.07, 6.45) is 12.2. The number of carbonyl (C=O) groups excluding carboxylic acids is 1. The molecule has 0 aliphatic heterocycles. The van der Waals surface area contributed by atoms with Gasteiger partial charge in [0, 0.05) is 14.9 Å². The standard InChI is InChI=1S/C30H48ClO2P/c1-18(2)19-10-15-30(25(31)32)17-16-28(6)20(24(19)30)8-9-22-27(5)13-12-23(33-34)26(3,4)21(27)11-14-29(22,28)7/h19-24H,1,8-17,34H2,2-7H3. The predicted molar refractivity (Wildman–Crippen MR) is 144 cm³/mol. The molecule has 0 amide bonds. The van der Waals surface area contributed by atoms with Gasteiger partial charge in [-0.2, -0.15) is 0 Å². The van der Waals surface area contributed by atoms with Gasteiger partial charge in [0.15, 0.2) is 0 Å². The first-order valence-corrected chi connectivity index (χ1v) is 14.9. The van der Waals surface area contributed by atoms with Gasteiger partial charge in [0.2, 0.25) is 5.24 Å². The third kappa shape index (κ3) is 3.04. The monoisotopic (exact) mass is 506 g/mol. The van der Waals surface area contributed by atoms with E-state index in [9.17, 15) is 4.79 Å². The van der Waals surface area contributed by atoms with Gasteiger partial charge < -0.3 is 4.52 Å². The summed E-state index contributed by atoms with van der Waals surface area (Å²) in [5, 5.41) is -0.0521. The molecule has 5 rings (SSSR count). The molecule has 0 aromatic rings. The molecule has 0 aromatic heterocycles. The summed E-state index contributed by atoms with van der Waals surface area (Å²) in [4.78, 5) is 13.0. The fourth-order valence-electron chi connectivity index (χ4n) is 11.7. The number of hydrogen-bond donors (Lipinski definition) is 0. The Morgan fingerprint density at radius 3 is 2.21 bits per heavy atom. The van der Waals surface area contributed by atoms with Gasteiger partial charge in [-0.15, -0.1) is 0 Å². The molecule has 5 fully saturated rings. The third-order valence-corrected chi connectivity index (χ3v) is 14.3. The second-order valence-corrected chi connectivity index (χ2v) is 15.2. The van der Waals surface area contributed by atoms with Crippen LogP contribution in [0.5, 0.6) is 0 Å². The van der Waals surface area contributed by atoms with Crippen LogP contribution in [0.2, 0.25) is 0 Å². The van der Waals surface area contributed by atoms with Gasteiger partial charge in [-0.1, -0.05) is 46.8 Å². The van der Waals surface area contributed by atoms with Gasteiger partial charge in [-0.05, 0) is 134 Å². The van der Waals surface area contributed by atoms with Crippen LogP contribution in [0.15, 0.2) is 12.2 Å². The second-order valence-electron chi connectivity index (χ2n) is 14.6. The Kier molecular flexibility index (Phi) is 6.09. The van der Waals surface area contributed by atoms with Crippen LogP contribution in [-0.4, -0.2) is 11.3 Å². The first-order chi connectivity index (χ1) is 15.8. The molecule has 0 radical (unpaired) electrons. The van der Waals surface area contributed by atoms with Crippen molar-refractivity contribution in [2.45, 2.75) is 112 Å². The average molecular weight is 507 g/mol. The Labute approximate surface area is 216 Å². The Bertz CT molecular complexity index is 885. The maximum Gasteiger partial charge on any atom is 0.228 e. The van der Waals surface area contributed by atoms with Gasteiger partial charge in [0.1, 0.15) is 0 Å². The highest BCUT2D eigenvalue weighted by Gasteiger charge is 2.71. The summed E-state index contributed by atoms with van der Waals surface area (Å²) in [6, 6.07) is 0. The number of allylic oxidation sites excluding steroid dienone is 1. The van der Waals surface area contributed by atoms with E-state index >= 15 is 0 Å². The summed E-state index contributed by atoms with van der Waals surface area (Å²) in [5.41, 5.74) is 2.11. The van der Waals surface area contributed by atoms with Crippen LogP contribution in [0.1, 0.15) is 106 Å². The van der Waals surface area contributed by atoms with E-state index < -0.39 is 0 Å². The van der Waals surface area contributed by atoms with Crippen LogP contribution >= 0.6 is 21.1 Å². The van der Waals surface area contributed by atoms with Gasteiger partial charge >= 0.3 is 0 Å². The van der Waals surface area contributed by atoms with Crippen LogP contribution in [-0.2, 0) is 9.32 Å². The molecule has 11 atom stereocenters. The Morgan fingerprint density at radius 2 is 1.59 bits per heavy atom. The van der Waals surface area contributed by atoms with Crippen LogP contribution < -0.4 is 0 Å². The zero-order valence-electron chi connectivity index (χ0n) is 22.5. The molecule has 11 unspecified atom stereocenters. The van der Waals surface area contributed by atoms with Crippen LogP contribution in [0.3, 0.4) is 0 Å². The van der Waals surface area contributed by atoms with E-state index in [1.165, 1.54) is 44.1 Å². The average Bonchev–Trinajstić information content (AvgIpc) is 3.15. The first kappa shape index (κ1) is 25.7. The summed E-state index contributed by atoms with van der Waals surface area (Å²) in [5.74, 6) is 2.87. The summed E-state index contributed by atoms with van der Waals surface area (Å²) in [6.45, 7) is 19.5. The highest BCUT2D eigenvalue weighted by molar-refractivity contribution is 7.09. The fourth-order valence-corrected chi connectivity index (χ4v) is 12.5. The molecule has 2 nitrogen and oxygen atoms in total. The maximum atomic E-state index is 13.0. The van der Waals surface area contributed by atoms with Crippen molar-refractivity contribution in [3.63, 3.8) is 0 Å². The van der Waals surface area contributed by atoms with Crippen molar-refractivity contribution in [2.75, 3.05) is 0 Å². The van der Waals surface area contributed by atoms with Gasteiger partial charge in [-0.3, -0.25) is 4.79 Å². The van der Waals surface area contributed by atoms with Crippen molar-refractivity contribution < 1.29 is 9.32 Å². The van der Waals surface area contributed by atoms with Crippen molar-refractivity contribution in [1.29, 1.82) is 0 Å². The van der Waals surface area contributed by atoms with Gasteiger partial charge in [0.25, 0.3) is 0 Å². The fraction of sp³-hybridized carbons (Fsp3) is 0.900. The van der Waals surface area contributed by atoms with Gasteiger partial charge in [0.05, 0.1) is 6.10 Å². The highest BCUT2D eigenvalue weighted by atomic mass is 35.5. The van der Waals surface area contributed by atoms with E-state index in [0.29, 0.717) is 40.6 Å². The van der Waals surface area contributed by atoms with Gasteiger partial charge in [-0.25, -0.2) is 0 Å². The van der Waals surface area contributed by atoms with Crippen molar-refractivity contribution in [2.24, 2.45) is 56.7 Å². The summed E-state index contributed by atoms with van der Waals surface area (Å²) >= 11 is 6.46. The number of fused-ring (bicyclic) bond motifs is 7. The van der Waals surface area contributed by atoms with Crippen LogP contribution in [0, 0.1) is 56.7 Å². The van der Waals surface area contributed by atoms with Crippen molar-refractivity contribution in [3.05, 3.63) is 12.2 Å². The lowest BCUT2D eigenvalue weighted by atomic mass is 9.32. The van der Waals surface area contributed by atoms with E-state index in [1.807, 2.05) is 0 Å². The van der Waals surface area contributed by atoms with Crippen molar-refractivity contribution >= 4 is 26.3 Å². The lowest BCUT2D eigenvalue weighted by molar-refractivity contribution is -0.243. The minimum absolute atomic E-state index is 0.0521. The van der Waals surface area contributed by atoms with E-state index in [2.05, 4.69) is 57.6 Å². The molecule has 0 saturated heterocycles. The molecule has 5 aliphatic rings. The minimum Gasteiger partial charge on any atom is -0.362 e. The van der Waals surface area contributed by atoms with E-state index in [1.54, 1.807) is 0 Å². The Hall–Kier alpha value is 0.0900. The number of halogens is 1. The van der Waals surface area contributed by atoms with Crippen LogP contribution in [0.25, 0.3) is 0 Å². The lowest BCUT2D eigenvalue weighted by Crippen LogP contribution is -2.67. The molecule has 5 saturated carbocycles. The number of carbonyl (C=O) groups is 1. The number of rotatable bonds is 3. The summed E-state index contributed by atoms with van der Waals surface area (Å²) in [7, 11) is 2.56. The van der Waals surface area contributed by atoms with E-state index in [0.717, 1.165) is 31.6 Å². The Morgan fingerprint density at radius 1 is 0.882 bits per heavy atom. The first-order valence-electron chi connectivity index (χ1n) is 14.0. The molecule has 0 N–H and O–H groups in total. The largest absolute Gasteiger partial charge is 0.362 e. The lowest BCUT2D eigenvalue weighted by Gasteiger charge is -2.72. The topological polar surface area (TPSA) is 26.3 Å². The maximum absolute atomic E-state index is 13.0.